The van der Waals surface area contributed by atoms with Crippen LogP contribution in [0.15, 0.2) is 23.1 Å². The van der Waals surface area contributed by atoms with Gasteiger partial charge in [0.15, 0.2) is 0 Å². The van der Waals surface area contributed by atoms with E-state index in [2.05, 4.69) is 10.0 Å². The number of hydrogen-bond acceptors (Lipinski definition) is 6. The highest BCUT2D eigenvalue weighted by Crippen LogP contribution is 2.22. The number of hydrogen-bond donors (Lipinski definition) is 4. The number of nitrogens with one attached hydrogen (secondary N) is 2. The SMILES string of the molecule is CNS(=O)(=O)c1ccc(NCCS(N)(=O)=O)c(N)c1. The summed E-state index contributed by atoms with van der Waals surface area (Å²) in [7, 11) is -5.81. The number of anilines is 2. The summed E-state index contributed by atoms with van der Waals surface area (Å²) in [6.07, 6.45) is 0. The van der Waals surface area contributed by atoms with Gasteiger partial charge in [0.25, 0.3) is 0 Å². The Balaban J connectivity index is 2.84. The summed E-state index contributed by atoms with van der Waals surface area (Å²) in [5.74, 6) is -0.247. The number of nitrogens with two attached hydrogens (primary N) is 2. The van der Waals surface area contributed by atoms with Crippen molar-refractivity contribution in [1.82, 2.24) is 4.72 Å². The molecule has 0 heterocycles. The minimum absolute atomic E-state index is 0.0319. The Morgan fingerprint density at radius 2 is 1.84 bits per heavy atom. The molecule has 0 spiro atoms. The standard InChI is InChI=1S/C9H16N4O4S2/c1-12-19(16,17)7-2-3-9(8(10)6-7)13-4-5-18(11,14)15/h2-3,6,12-13H,4-5,10H2,1H3,(H2,11,14,15). The number of rotatable bonds is 6. The van der Waals surface area contributed by atoms with E-state index < -0.39 is 20.0 Å². The Morgan fingerprint density at radius 1 is 1.21 bits per heavy atom. The van der Waals surface area contributed by atoms with E-state index in [0.29, 0.717) is 5.69 Å². The number of nitrogen functional groups attached to an aromatic ring is 1. The van der Waals surface area contributed by atoms with E-state index in [9.17, 15) is 16.8 Å². The van der Waals surface area contributed by atoms with Gasteiger partial charge in [-0.05, 0) is 25.2 Å². The lowest BCUT2D eigenvalue weighted by molar-refractivity contribution is 0.588. The zero-order valence-electron chi connectivity index (χ0n) is 10.3. The molecule has 108 valence electrons. The second-order valence-electron chi connectivity index (χ2n) is 3.75. The summed E-state index contributed by atoms with van der Waals surface area (Å²) < 4.78 is 46.7. The first-order valence-corrected chi connectivity index (χ1v) is 8.43. The Labute approximate surface area is 112 Å². The number of primary sulfonamides is 1. The molecule has 0 amide bonds. The van der Waals surface area contributed by atoms with E-state index in [1.54, 1.807) is 0 Å². The molecule has 1 aromatic rings. The minimum Gasteiger partial charge on any atom is -0.397 e. The Morgan fingerprint density at radius 3 is 2.32 bits per heavy atom. The predicted octanol–water partition coefficient (Wildman–Crippen LogP) is -1.12. The van der Waals surface area contributed by atoms with Crippen molar-refractivity contribution in [3.8, 4) is 0 Å². The van der Waals surface area contributed by atoms with Gasteiger partial charge in [0.2, 0.25) is 20.0 Å². The highest BCUT2D eigenvalue weighted by molar-refractivity contribution is 7.89. The third-order valence-electron chi connectivity index (χ3n) is 2.30. The molecule has 8 nitrogen and oxygen atoms in total. The van der Waals surface area contributed by atoms with Crippen LogP contribution in [0.4, 0.5) is 11.4 Å². The summed E-state index contributed by atoms with van der Waals surface area (Å²) in [5.41, 5.74) is 6.33. The molecule has 0 aliphatic carbocycles. The molecule has 10 heteroatoms. The monoisotopic (exact) mass is 308 g/mol. The van der Waals surface area contributed by atoms with Crippen molar-refractivity contribution in [2.75, 3.05) is 30.4 Å². The third kappa shape index (κ3) is 4.67. The fourth-order valence-electron chi connectivity index (χ4n) is 1.31. The lowest BCUT2D eigenvalue weighted by Crippen LogP contribution is -2.22. The molecule has 0 bridgehead atoms. The Hall–Kier alpha value is -1.36. The zero-order valence-corrected chi connectivity index (χ0v) is 11.9. The lowest BCUT2D eigenvalue weighted by Gasteiger charge is -2.10. The van der Waals surface area contributed by atoms with Gasteiger partial charge >= 0.3 is 0 Å². The second kappa shape index (κ2) is 5.74. The Bertz CT molecular complexity index is 655. The molecule has 0 aliphatic heterocycles. The molecule has 0 radical (unpaired) electrons. The normalized spacial score (nSPS) is 12.3. The van der Waals surface area contributed by atoms with Gasteiger partial charge in [-0.15, -0.1) is 0 Å². The minimum atomic E-state index is -3.55. The molecule has 0 saturated carbocycles. The summed E-state index contributed by atoms with van der Waals surface area (Å²) in [4.78, 5) is 0.0319. The highest BCUT2D eigenvalue weighted by atomic mass is 32.2. The molecule has 0 aliphatic rings. The van der Waals surface area contributed by atoms with Crippen molar-refractivity contribution in [1.29, 1.82) is 0 Å². The quantitative estimate of drug-likeness (QED) is 0.490. The van der Waals surface area contributed by atoms with Gasteiger partial charge < -0.3 is 11.1 Å². The van der Waals surface area contributed by atoms with E-state index in [4.69, 9.17) is 10.9 Å². The van der Waals surface area contributed by atoms with Crippen LogP contribution in [0.3, 0.4) is 0 Å². The van der Waals surface area contributed by atoms with Crippen LogP contribution in [0.1, 0.15) is 0 Å². The lowest BCUT2D eigenvalue weighted by atomic mass is 10.2. The molecular weight excluding hydrogens is 292 g/mol. The summed E-state index contributed by atoms with van der Waals surface area (Å²) >= 11 is 0. The molecule has 6 N–H and O–H groups in total. The van der Waals surface area contributed by atoms with Crippen LogP contribution in [0.2, 0.25) is 0 Å². The highest BCUT2D eigenvalue weighted by Gasteiger charge is 2.13. The fourth-order valence-corrected chi connectivity index (χ4v) is 2.47. The molecule has 0 aromatic heterocycles. The van der Waals surface area contributed by atoms with Gasteiger partial charge in [0.1, 0.15) is 0 Å². The number of benzene rings is 1. The van der Waals surface area contributed by atoms with Crippen LogP contribution in [0, 0.1) is 0 Å². The molecule has 0 unspecified atom stereocenters. The maximum atomic E-state index is 11.5. The summed E-state index contributed by atoms with van der Waals surface area (Å²) in [6.45, 7) is 0.0845. The molecule has 1 aromatic carbocycles. The van der Waals surface area contributed by atoms with Crippen molar-refractivity contribution >= 4 is 31.4 Å². The average molecular weight is 308 g/mol. The molecule has 0 saturated heterocycles. The van der Waals surface area contributed by atoms with Crippen LogP contribution in [0.25, 0.3) is 0 Å². The van der Waals surface area contributed by atoms with E-state index >= 15 is 0 Å². The van der Waals surface area contributed by atoms with Gasteiger partial charge in [-0.25, -0.2) is 26.7 Å². The first kappa shape index (κ1) is 15.7. The van der Waals surface area contributed by atoms with Gasteiger partial charge in [0, 0.05) is 6.54 Å². The average Bonchev–Trinajstić information content (AvgIpc) is 2.29. The molecule has 0 atom stereocenters. The summed E-state index contributed by atoms with van der Waals surface area (Å²) in [6, 6.07) is 4.11. The largest absolute Gasteiger partial charge is 0.397 e. The topological polar surface area (TPSA) is 144 Å². The van der Waals surface area contributed by atoms with Gasteiger partial charge in [-0.3, -0.25) is 0 Å². The van der Waals surface area contributed by atoms with Crippen molar-refractivity contribution in [2.45, 2.75) is 4.90 Å². The molecule has 1 rings (SSSR count). The van der Waals surface area contributed by atoms with E-state index in [1.165, 1.54) is 25.2 Å². The first-order chi connectivity index (χ1) is 8.65. The van der Waals surface area contributed by atoms with E-state index in [-0.39, 0.29) is 22.9 Å². The van der Waals surface area contributed by atoms with Crippen LogP contribution >= 0.6 is 0 Å². The van der Waals surface area contributed by atoms with Crippen LogP contribution < -0.4 is 20.9 Å². The second-order valence-corrected chi connectivity index (χ2v) is 7.37. The van der Waals surface area contributed by atoms with Crippen molar-refractivity contribution < 1.29 is 16.8 Å². The van der Waals surface area contributed by atoms with Crippen LogP contribution in [0.5, 0.6) is 0 Å². The van der Waals surface area contributed by atoms with Crippen molar-refractivity contribution in [3.05, 3.63) is 18.2 Å². The Kier molecular flexibility index (Phi) is 4.74. The van der Waals surface area contributed by atoms with E-state index in [1.807, 2.05) is 0 Å². The maximum Gasteiger partial charge on any atom is 0.240 e. The fraction of sp³-hybridized carbons (Fsp3) is 0.333. The predicted molar refractivity (Wildman–Crippen MR) is 73.6 cm³/mol. The zero-order chi connectivity index (χ0) is 14.7. The maximum absolute atomic E-state index is 11.5. The number of sulfonamides is 2. The van der Waals surface area contributed by atoms with Gasteiger partial charge in [0.05, 0.1) is 22.0 Å². The van der Waals surface area contributed by atoms with Crippen LogP contribution in [-0.4, -0.2) is 36.2 Å². The molecular formula is C9H16N4O4S2. The molecule has 0 fully saturated rings. The van der Waals surface area contributed by atoms with Gasteiger partial charge in [-0.2, -0.15) is 0 Å². The smallest absolute Gasteiger partial charge is 0.240 e. The van der Waals surface area contributed by atoms with Crippen molar-refractivity contribution in [2.24, 2.45) is 5.14 Å². The first-order valence-electron chi connectivity index (χ1n) is 5.23. The molecule has 19 heavy (non-hydrogen) atoms. The van der Waals surface area contributed by atoms with Crippen molar-refractivity contribution in [3.63, 3.8) is 0 Å². The van der Waals surface area contributed by atoms with E-state index in [0.717, 1.165) is 0 Å². The van der Waals surface area contributed by atoms with Crippen LogP contribution in [-0.2, 0) is 20.0 Å². The third-order valence-corrected chi connectivity index (χ3v) is 4.49. The van der Waals surface area contributed by atoms with Gasteiger partial charge in [-0.1, -0.05) is 0 Å². The summed E-state index contributed by atoms with van der Waals surface area (Å²) in [5, 5.41) is 7.62.